The lowest BCUT2D eigenvalue weighted by Crippen LogP contribution is -2.26. The van der Waals surface area contributed by atoms with Crippen LogP contribution in [0.15, 0.2) is 58.9 Å². The number of hydrogen-bond donors (Lipinski definition) is 0. The van der Waals surface area contributed by atoms with E-state index in [9.17, 15) is 17.6 Å². The van der Waals surface area contributed by atoms with E-state index in [-0.39, 0.29) is 17.3 Å². The fourth-order valence-electron chi connectivity index (χ4n) is 3.32. The Morgan fingerprint density at radius 3 is 2.73 bits per heavy atom. The molecule has 1 amide bonds. The van der Waals surface area contributed by atoms with Gasteiger partial charge in [0.1, 0.15) is 10.8 Å². The SMILES string of the molecule is CN1C(=O)/C(=C/c2nccs2)c2cc(S(=O)(=O)N(C)Cc3cccc(F)c3)ccc21. The van der Waals surface area contributed by atoms with Gasteiger partial charge in [-0.1, -0.05) is 12.1 Å². The molecule has 0 fully saturated rings. The van der Waals surface area contributed by atoms with Gasteiger partial charge in [0.2, 0.25) is 10.0 Å². The highest BCUT2D eigenvalue weighted by atomic mass is 32.2. The summed E-state index contributed by atoms with van der Waals surface area (Å²) in [6.07, 6.45) is 3.31. The number of anilines is 1. The number of amides is 1. The summed E-state index contributed by atoms with van der Waals surface area (Å²) in [5.41, 5.74) is 2.11. The molecule has 154 valence electrons. The lowest BCUT2D eigenvalue weighted by atomic mass is 10.1. The first kappa shape index (κ1) is 20.4. The summed E-state index contributed by atoms with van der Waals surface area (Å²) >= 11 is 1.39. The summed E-state index contributed by atoms with van der Waals surface area (Å²) in [6.45, 7) is 0.0256. The van der Waals surface area contributed by atoms with E-state index in [1.165, 1.54) is 53.6 Å². The predicted molar refractivity (Wildman–Crippen MR) is 115 cm³/mol. The lowest BCUT2D eigenvalue weighted by Gasteiger charge is -2.18. The minimum Gasteiger partial charge on any atom is -0.311 e. The van der Waals surface area contributed by atoms with Crippen LogP contribution < -0.4 is 4.90 Å². The van der Waals surface area contributed by atoms with Gasteiger partial charge in [-0.25, -0.2) is 17.8 Å². The molecule has 0 spiro atoms. The van der Waals surface area contributed by atoms with Crippen LogP contribution in [-0.4, -0.2) is 37.7 Å². The first-order chi connectivity index (χ1) is 14.3. The second-order valence-corrected chi connectivity index (χ2v) is 9.83. The molecule has 1 aliphatic rings. The van der Waals surface area contributed by atoms with Crippen molar-refractivity contribution in [1.82, 2.24) is 9.29 Å². The molecule has 3 aromatic rings. The molecule has 0 N–H and O–H groups in total. The summed E-state index contributed by atoms with van der Waals surface area (Å²) in [4.78, 5) is 18.4. The van der Waals surface area contributed by atoms with E-state index in [1.807, 2.05) is 0 Å². The molecule has 0 saturated heterocycles. The summed E-state index contributed by atoms with van der Waals surface area (Å²) < 4.78 is 40.8. The molecule has 1 aromatic heterocycles. The second-order valence-electron chi connectivity index (χ2n) is 6.86. The van der Waals surface area contributed by atoms with Crippen molar-refractivity contribution in [1.29, 1.82) is 0 Å². The van der Waals surface area contributed by atoms with Gasteiger partial charge in [0.15, 0.2) is 0 Å². The quantitative estimate of drug-likeness (QED) is 0.565. The summed E-state index contributed by atoms with van der Waals surface area (Å²) in [6, 6.07) is 10.4. The maximum atomic E-state index is 13.4. The Morgan fingerprint density at radius 1 is 1.23 bits per heavy atom. The molecule has 2 aromatic carbocycles. The van der Waals surface area contributed by atoms with Gasteiger partial charge in [-0.2, -0.15) is 4.31 Å². The third-order valence-electron chi connectivity index (χ3n) is 4.88. The highest BCUT2D eigenvalue weighted by Gasteiger charge is 2.32. The Morgan fingerprint density at radius 2 is 2.03 bits per heavy atom. The molecule has 4 rings (SSSR count). The van der Waals surface area contributed by atoms with Crippen LogP contribution in [0.5, 0.6) is 0 Å². The van der Waals surface area contributed by atoms with Crippen molar-refractivity contribution >= 4 is 44.6 Å². The summed E-state index contributed by atoms with van der Waals surface area (Å²) in [5.74, 6) is -0.641. The van der Waals surface area contributed by atoms with E-state index in [0.29, 0.717) is 27.4 Å². The van der Waals surface area contributed by atoms with Crippen molar-refractivity contribution in [3.8, 4) is 0 Å². The molecular weight excluding hydrogens is 425 g/mol. The van der Waals surface area contributed by atoms with Gasteiger partial charge in [0.05, 0.1) is 16.2 Å². The number of nitrogens with zero attached hydrogens (tertiary/aromatic N) is 3. The Hall–Kier alpha value is -2.88. The van der Waals surface area contributed by atoms with Crippen LogP contribution in [-0.2, 0) is 21.4 Å². The number of carbonyl (C=O) groups excluding carboxylic acids is 1. The molecule has 0 atom stereocenters. The standard InChI is InChI=1S/C21H18FN3O3S2/c1-24(13-14-4-3-5-15(22)10-14)30(27,28)16-6-7-19-17(11-16)18(21(26)25(19)2)12-20-23-8-9-29-20/h3-12H,13H2,1-2H3/b18-12+. The Balaban J connectivity index is 1.71. The average Bonchev–Trinajstić information content (AvgIpc) is 3.31. The molecule has 0 aliphatic carbocycles. The van der Waals surface area contributed by atoms with Crippen LogP contribution in [0.3, 0.4) is 0 Å². The largest absolute Gasteiger partial charge is 0.311 e. The fraction of sp³-hybridized carbons (Fsp3) is 0.143. The normalized spacial score (nSPS) is 15.3. The zero-order valence-electron chi connectivity index (χ0n) is 16.2. The highest BCUT2D eigenvalue weighted by molar-refractivity contribution is 7.89. The first-order valence-corrected chi connectivity index (χ1v) is 11.3. The van der Waals surface area contributed by atoms with E-state index >= 15 is 0 Å². The number of rotatable bonds is 5. The van der Waals surface area contributed by atoms with E-state index in [4.69, 9.17) is 0 Å². The van der Waals surface area contributed by atoms with Crippen LogP contribution in [0.2, 0.25) is 0 Å². The predicted octanol–water partition coefficient (Wildman–Crippen LogP) is 3.62. The number of sulfonamides is 1. The Labute approximate surface area is 178 Å². The number of benzene rings is 2. The van der Waals surface area contributed by atoms with Crippen molar-refractivity contribution < 1.29 is 17.6 Å². The molecule has 0 saturated carbocycles. The Kier molecular flexibility index (Phi) is 5.27. The van der Waals surface area contributed by atoms with Crippen molar-refractivity contribution in [2.24, 2.45) is 0 Å². The molecule has 2 heterocycles. The van der Waals surface area contributed by atoms with Gasteiger partial charge < -0.3 is 4.90 Å². The zero-order chi connectivity index (χ0) is 21.5. The molecular formula is C21H18FN3O3S2. The van der Waals surface area contributed by atoms with Crippen molar-refractivity contribution in [2.45, 2.75) is 11.4 Å². The van der Waals surface area contributed by atoms with Crippen LogP contribution in [0.4, 0.5) is 10.1 Å². The second kappa shape index (κ2) is 7.75. The molecule has 0 bridgehead atoms. The van der Waals surface area contributed by atoms with Crippen LogP contribution in [0.1, 0.15) is 16.1 Å². The number of halogens is 1. The number of likely N-dealkylation sites (N-methyl/N-ethyl adjacent to an activating group) is 1. The topological polar surface area (TPSA) is 70.6 Å². The van der Waals surface area contributed by atoms with Crippen LogP contribution in [0.25, 0.3) is 11.6 Å². The van der Waals surface area contributed by atoms with Gasteiger partial charge in [-0.3, -0.25) is 4.79 Å². The number of thiazole rings is 1. The summed E-state index contributed by atoms with van der Waals surface area (Å²) in [5, 5.41) is 2.47. The van der Waals surface area contributed by atoms with Gasteiger partial charge in [-0.15, -0.1) is 11.3 Å². The van der Waals surface area contributed by atoms with Gasteiger partial charge in [0, 0.05) is 37.8 Å². The van der Waals surface area contributed by atoms with Crippen LogP contribution >= 0.6 is 11.3 Å². The molecule has 0 unspecified atom stereocenters. The fourth-order valence-corrected chi connectivity index (χ4v) is 5.07. The number of fused-ring (bicyclic) bond motifs is 1. The number of hydrogen-bond acceptors (Lipinski definition) is 5. The van der Waals surface area contributed by atoms with E-state index in [0.717, 1.165) is 4.31 Å². The number of carbonyl (C=O) groups is 1. The molecule has 6 nitrogen and oxygen atoms in total. The molecule has 1 aliphatic heterocycles. The van der Waals surface area contributed by atoms with E-state index < -0.39 is 15.8 Å². The maximum Gasteiger partial charge on any atom is 0.258 e. The monoisotopic (exact) mass is 443 g/mol. The molecule has 30 heavy (non-hydrogen) atoms. The minimum absolute atomic E-state index is 0.0256. The minimum atomic E-state index is -3.85. The van der Waals surface area contributed by atoms with E-state index in [2.05, 4.69) is 4.98 Å². The van der Waals surface area contributed by atoms with Gasteiger partial charge in [-0.05, 0) is 42.0 Å². The lowest BCUT2D eigenvalue weighted by molar-refractivity contribution is -0.112. The van der Waals surface area contributed by atoms with Crippen molar-refractivity contribution in [3.63, 3.8) is 0 Å². The van der Waals surface area contributed by atoms with Crippen molar-refractivity contribution in [2.75, 3.05) is 19.0 Å². The number of aromatic nitrogens is 1. The first-order valence-electron chi connectivity index (χ1n) is 9.02. The summed E-state index contributed by atoms with van der Waals surface area (Å²) in [7, 11) is -0.763. The maximum absolute atomic E-state index is 13.4. The average molecular weight is 444 g/mol. The smallest absolute Gasteiger partial charge is 0.258 e. The van der Waals surface area contributed by atoms with E-state index in [1.54, 1.807) is 36.8 Å². The highest BCUT2D eigenvalue weighted by Crippen LogP contribution is 2.38. The van der Waals surface area contributed by atoms with Gasteiger partial charge >= 0.3 is 0 Å². The zero-order valence-corrected chi connectivity index (χ0v) is 17.9. The van der Waals surface area contributed by atoms with Crippen LogP contribution in [0, 0.1) is 5.82 Å². The molecule has 0 radical (unpaired) electrons. The van der Waals surface area contributed by atoms with Gasteiger partial charge in [0.25, 0.3) is 5.91 Å². The Bertz CT molecular complexity index is 1250. The van der Waals surface area contributed by atoms with Crippen molar-refractivity contribution in [3.05, 3.63) is 76.0 Å². The third-order valence-corrected chi connectivity index (χ3v) is 7.40. The third kappa shape index (κ3) is 3.67. The molecule has 9 heteroatoms.